The zero-order valence-electron chi connectivity index (χ0n) is 16.0. The van der Waals surface area contributed by atoms with Crippen molar-refractivity contribution in [3.8, 4) is 11.5 Å². The van der Waals surface area contributed by atoms with E-state index in [9.17, 15) is 4.79 Å². The second kappa shape index (κ2) is 10.5. The molecule has 0 saturated carbocycles. The van der Waals surface area contributed by atoms with Gasteiger partial charge in [0.15, 0.2) is 6.10 Å². The lowest BCUT2D eigenvalue weighted by molar-refractivity contribution is -0.122. The third kappa shape index (κ3) is 6.79. The molecule has 26 heavy (non-hydrogen) atoms. The summed E-state index contributed by atoms with van der Waals surface area (Å²) in [6.07, 6.45) is 4.16. The molecular formula is C22H29NO3. The third-order valence-electron chi connectivity index (χ3n) is 4.06. The highest BCUT2D eigenvalue weighted by atomic mass is 16.5. The largest absolute Gasteiger partial charge is 0.494 e. The van der Waals surface area contributed by atoms with Gasteiger partial charge in [0, 0.05) is 5.69 Å². The van der Waals surface area contributed by atoms with Crippen molar-refractivity contribution in [2.75, 3.05) is 11.9 Å². The second-order valence-corrected chi connectivity index (χ2v) is 6.50. The lowest BCUT2D eigenvalue weighted by atomic mass is 10.2. The minimum absolute atomic E-state index is 0.181. The summed E-state index contributed by atoms with van der Waals surface area (Å²) in [5.41, 5.74) is 1.83. The minimum atomic E-state index is -0.578. The van der Waals surface area contributed by atoms with Crippen LogP contribution in [-0.4, -0.2) is 18.6 Å². The maximum absolute atomic E-state index is 12.3. The smallest absolute Gasteiger partial charge is 0.265 e. The number of benzene rings is 2. The molecule has 2 aromatic rings. The van der Waals surface area contributed by atoms with Crippen molar-refractivity contribution < 1.29 is 14.3 Å². The van der Waals surface area contributed by atoms with E-state index in [2.05, 4.69) is 12.2 Å². The first kappa shape index (κ1) is 19.8. The van der Waals surface area contributed by atoms with Crippen molar-refractivity contribution in [3.63, 3.8) is 0 Å². The van der Waals surface area contributed by atoms with Crippen molar-refractivity contribution in [2.45, 2.75) is 52.6 Å². The fourth-order valence-electron chi connectivity index (χ4n) is 2.54. The zero-order chi connectivity index (χ0) is 18.8. The van der Waals surface area contributed by atoms with Crippen molar-refractivity contribution in [3.05, 3.63) is 54.1 Å². The number of hydrogen-bond acceptors (Lipinski definition) is 3. The molecule has 140 valence electrons. The molecule has 0 aliphatic heterocycles. The number of unbranched alkanes of at least 4 members (excludes halogenated alkanes) is 3. The van der Waals surface area contributed by atoms with Gasteiger partial charge in [-0.25, -0.2) is 0 Å². The number of hydrogen-bond donors (Lipinski definition) is 1. The second-order valence-electron chi connectivity index (χ2n) is 6.50. The number of ether oxygens (including phenoxy) is 2. The van der Waals surface area contributed by atoms with E-state index in [1.807, 2.05) is 55.5 Å². The van der Waals surface area contributed by atoms with Gasteiger partial charge in [-0.15, -0.1) is 0 Å². The van der Waals surface area contributed by atoms with E-state index in [4.69, 9.17) is 9.47 Å². The van der Waals surface area contributed by atoms with Crippen LogP contribution in [0.1, 0.15) is 45.1 Å². The Bertz CT molecular complexity index is 682. The molecule has 0 heterocycles. The van der Waals surface area contributed by atoms with Crippen molar-refractivity contribution in [1.82, 2.24) is 0 Å². The van der Waals surface area contributed by atoms with Gasteiger partial charge in [0.1, 0.15) is 11.5 Å². The maximum atomic E-state index is 12.3. The van der Waals surface area contributed by atoms with Gasteiger partial charge >= 0.3 is 0 Å². The Labute approximate surface area is 156 Å². The highest BCUT2D eigenvalue weighted by Gasteiger charge is 2.15. The quantitative estimate of drug-likeness (QED) is 0.584. The highest BCUT2D eigenvalue weighted by Crippen LogP contribution is 2.18. The van der Waals surface area contributed by atoms with Crippen LogP contribution in [0.15, 0.2) is 48.5 Å². The van der Waals surface area contributed by atoms with Gasteiger partial charge in [-0.3, -0.25) is 4.79 Å². The molecule has 1 atom stereocenters. The Balaban J connectivity index is 1.79. The molecule has 0 spiro atoms. The van der Waals surface area contributed by atoms with E-state index in [0.717, 1.165) is 30.0 Å². The van der Waals surface area contributed by atoms with Crippen LogP contribution in [-0.2, 0) is 4.79 Å². The fourth-order valence-corrected chi connectivity index (χ4v) is 2.54. The first-order valence-corrected chi connectivity index (χ1v) is 9.35. The lowest BCUT2D eigenvalue weighted by Crippen LogP contribution is -2.30. The number of amides is 1. The van der Waals surface area contributed by atoms with Crippen LogP contribution >= 0.6 is 0 Å². The van der Waals surface area contributed by atoms with Gasteiger partial charge in [0.2, 0.25) is 0 Å². The van der Waals surface area contributed by atoms with Crippen LogP contribution < -0.4 is 14.8 Å². The standard InChI is InChI=1S/C22H29NO3/c1-4-5-6-7-15-25-20-13-11-19(12-14-20)23-22(24)18(3)26-21-10-8-9-17(2)16-21/h8-14,16,18H,4-7,15H2,1-3H3,(H,23,24)/t18-/m0/s1. The monoisotopic (exact) mass is 355 g/mol. The molecule has 0 fully saturated rings. The topological polar surface area (TPSA) is 47.6 Å². The van der Waals surface area contributed by atoms with Crippen LogP contribution in [0.3, 0.4) is 0 Å². The molecule has 2 aromatic carbocycles. The third-order valence-corrected chi connectivity index (χ3v) is 4.06. The van der Waals surface area contributed by atoms with Crippen LogP contribution in [0.2, 0.25) is 0 Å². The number of nitrogens with one attached hydrogen (secondary N) is 1. The normalized spacial score (nSPS) is 11.7. The van der Waals surface area contributed by atoms with Crippen molar-refractivity contribution in [1.29, 1.82) is 0 Å². The van der Waals surface area contributed by atoms with Crippen LogP contribution in [0.5, 0.6) is 11.5 Å². The summed E-state index contributed by atoms with van der Waals surface area (Å²) in [5, 5.41) is 2.87. The Hall–Kier alpha value is -2.49. The fraction of sp³-hybridized carbons (Fsp3) is 0.409. The Morgan fingerprint density at radius 1 is 1.04 bits per heavy atom. The molecule has 1 N–H and O–H groups in total. The maximum Gasteiger partial charge on any atom is 0.265 e. The summed E-state index contributed by atoms with van der Waals surface area (Å²) >= 11 is 0. The molecule has 0 radical (unpaired) electrons. The molecule has 4 nitrogen and oxygen atoms in total. The minimum Gasteiger partial charge on any atom is -0.494 e. The molecule has 4 heteroatoms. The molecular weight excluding hydrogens is 326 g/mol. The van der Waals surface area contributed by atoms with Gasteiger partial charge in [0.25, 0.3) is 5.91 Å². The van der Waals surface area contributed by atoms with Gasteiger partial charge in [-0.05, 0) is 62.2 Å². The SMILES string of the molecule is CCCCCCOc1ccc(NC(=O)[C@H](C)Oc2cccc(C)c2)cc1. The van der Waals surface area contributed by atoms with Gasteiger partial charge in [-0.1, -0.05) is 38.3 Å². The summed E-state index contributed by atoms with van der Waals surface area (Å²) < 4.78 is 11.4. The first-order chi connectivity index (χ1) is 12.6. The van der Waals surface area contributed by atoms with E-state index < -0.39 is 6.10 Å². The molecule has 0 aromatic heterocycles. The van der Waals surface area contributed by atoms with E-state index >= 15 is 0 Å². The van der Waals surface area contributed by atoms with Crippen molar-refractivity contribution in [2.24, 2.45) is 0 Å². The lowest BCUT2D eigenvalue weighted by Gasteiger charge is -2.15. The van der Waals surface area contributed by atoms with Gasteiger partial charge in [0.05, 0.1) is 6.61 Å². The molecule has 0 bridgehead atoms. The molecule has 0 aliphatic carbocycles. The highest BCUT2D eigenvalue weighted by molar-refractivity contribution is 5.94. The summed E-state index contributed by atoms with van der Waals surface area (Å²) in [5.74, 6) is 1.34. The summed E-state index contributed by atoms with van der Waals surface area (Å²) in [6.45, 7) is 6.66. The van der Waals surface area contributed by atoms with Gasteiger partial charge < -0.3 is 14.8 Å². The predicted molar refractivity (Wildman–Crippen MR) is 106 cm³/mol. The molecule has 1 amide bonds. The Morgan fingerprint density at radius 2 is 1.81 bits per heavy atom. The van der Waals surface area contributed by atoms with E-state index in [0.29, 0.717) is 5.75 Å². The summed E-state index contributed by atoms with van der Waals surface area (Å²) in [6, 6.07) is 15.1. The molecule has 0 aliphatic rings. The Morgan fingerprint density at radius 3 is 2.50 bits per heavy atom. The van der Waals surface area contributed by atoms with Gasteiger partial charge in [-0.2, -0.15) is 0 Å². The number of anilines is 1. The Kier molecular flexibility index (Phi) is 8.00. The number of carbonyl (C=O) groups is 1. The average Bonchev–Trinajstić information content (AvgIpc) is 2.63. The van der Waals surface area contributed by atoms with E-state index in [1.165, 1.54) is 19.3 Å². The van der Waals surface area contributed by atoms with E-state index in [-0.39, 0.29) is 5.91 Å². The zero-order valence-corrected chi connectivity index (χ0v) is 16.0. The van der Waals surface area contributed by atoms with E-state index in [1.54, 1.807) is 6.92 Å². The molecule has 0 saturated heterocycles. The number of carbonyl (C=O) groups excluding carboxylic acids is 1. The summed E-state index contributed by atoms with van der Waals surface area (Å²) in [4.78, 5) is 12.3. The number of rotatable bonds is 10. The van der Waals surface area contributed by atoms with Crippen LogP contribution in [0.4, 0.5) is 5.69 Å². The van der Waals surface area contributed by atoms with Crippen molar-refractivity contribution >= 4 is 11.6 Å². The molecule has 0 unspecified atom stereocenters. The number of aryl methyl sites for hydroxylation is 1. The predicted octanol–water partition coefficient (Wildman–Crippen LogP) is 5.36. The molecule has 2 rings (SSSR count). The first-order valence-electron chi connectivity index (χ1n) is 9.35. The van der Waals surface area contributed by atoms with Crippen LogP contribution in [0, 0.1) is 6.92 Å². The average molecular weight is 355 g/mol. The summed E-state index contributed by atoms with van der Waals surface area (Å²) in [7, 11) is 0. The van der Waals surface area contributed by atoms with Crippen LogP contribution in [0.25, 0.3) is 0 Å².